The number of hydrogen-bond donors (Lipinski definition) is 3. The lowest BCUT2D eigenvalue weighted by Gasteiger charge is -2.21. The summed E-state index contributed by atoms with van der Waals surface area (Å²) in [5, 5.41) is 8.94. The molecule has 1 aliphatic carbocycles. The molecular weight excluding hydrogens is 394 g/mol. The van der Waals surface area contributed by atoms with Gasteiger partial charge in [-0.25, -0.2) is 0 Å². The number of hydrogen-bond acceptors (Lipinski definition) is 3. The number of nitrogens with one attached hydrogen (secondary N) is 3. The first kappa shape index (κ1) is 22.0. The van der Waals surface area contributed by atoms with Crippen LogP contribution >= 0.6 is 12.2 Å². The highest BCUT2D eigenvalue weighted by atomic mass is 32.1. The van der Waals surface area contributed by atoms with E-state index in [0.29, 0.717) is 30.1 Å². The standard InChI is InChI=1S/C24H29N3O2S/c28-22(15-14-18-8-3-1-4-9-18)27-24(30)26-21-13-7-12-20(17-21)25-23(29)16-19-10-5-2-6-11-19/h2,5-7,10-13,17-18H,1,3-4,8-9,14-16H2,(H,25,29)(H2,26,27,28,30). The molecule has 0 aliphatic heterocycles. The van der Waals surface area contributed by atoms with Crippen molar-refractivity contribution < 1.29 is 9.59 Å². The van der Waals surface area contributed by atoms with Crippen LogP contribution in [0.3, 0.4) is 0 Å². The zero-order valence-corrected chi connectivity index (χ0v) is 18.0. The highest BCUT2D eigenvalue weighted by Crippen LogP contribution is 2.27. The van der Waals surface area contributed by atoms with Crippen molar-refractivity contribution in [2.75, 3.05) is 10.6 Å². The van der Waals surface area contributed by atoms with E-state index in [1.54, 1.807) is 6.07 Å². The van der Waals surface area contributed by atoms with Gasteiger partial charge in [-0.1, -0.05) is 68.5 Å². The van der Waals surface area contributed by atoms with E-state index in [4.69, 9.17) is 12.2 Å². The SMILES string of the molecule is O=C(CCC1CCCCC1)NC(=S)Nc1cccc(NC(=O)Cc2ccccc2)c1. The molecule has 0 saturated heterocycles. The fraction of sp³-hybridized carbons (Fsp3) is 0.375. The molecule has 0 radical (unpaired) electrons. The molecule has 0 atom stereocenters. The summed E-state index contributed by atoms with van der Waals surface area (Å²) < 4.78 is 0. The predicted molar refractivity (Wildman–Crippen MR) is 125 cm³/mol. The fourth-order valence-electron chi connectivity index (χ4n) is 3.82. The van der Waals surface area contributed by atoms with E-state index < -0.39 is 0 Å². The van der Waals surface area contributed by atoms with Crippen LogP contribution in [0.25, 0.3) is 0 Å². The van der Waals surface area contributed by atoms with Gasteiger partial charge in [-0.15, -0.1) is 0 Å². The topological polar surface area (TPSA) is 70.2 Å². The number of rotatable bonds is 7. The maximum Gasteiger partial charge on any atom is 0.228 e. The molecular formula is C24H29N3O2S. The molecule has 1 fully saturated rings. The van der Waals surface area contributed by atoms with Crippen LogP contribution in [0.15, 0.2) is 54.6 Å². The molecule has 2 aromatic rings. The van der Waals surface area contributed by atoms with Gasteiger partial charge < -0.3 is 16.0 Å². The van der Waals surface area contributed by atoms with Crippen LogP contribution in [-0.2, 0) is 16.0 Å². The molecule has 1 saturated carbocycles. The summed E-state index contributed by atoms with van der Waals surface area (Å²) in [6.07, 6.45) is 8.10. The molecule has 6 heteroatoms. The molecule has 30 heavy (non-hydrogen) atoms. The second kappa shape index (κ2) is 11.5. The first-order valence-corrected chi connectivity index (χ1v) is 11.0. The summed E-state index contributed by atoms with van der Waals surface area (Å²) >= 11 is 5.27. The Hall–Kier alpha value is -2.73. The summed E-state index contributed by atoms with van der Waals surface area (Å²) in [5.41, 5.74) is 2.35. The van der Waals surface area contributed by atoms with Crippen LogP contribution in [0.5, 0.6) is 0 Å². The van der Waals surface area contributed by atoms with E-state index in [-0.39, 0.29) is 16.9 Å². The van der Waals surface area contributed by atoms with Gasteiger partial charge in [0.1, 0.15) is 0 Å². The summed E-state index contributed by atoms with van der Waals surface area (Å²) in [6.45, 7) is 0. The molecule has 2 aromatic carbocycles. The highest BCUT2D eigenvalue weighted by molar-refractivity contribution is 7.80. The molecule has 0 heterocycles. The molecule has 3 N–H and O–H groups in total. The van der Waals surface area contributed by atoms with Crippen molar-refractivity contribution in [2.45, 2.75) is 51.4 Å². The van der Waals surface area contributed by atoms with Crippen molar-refractivity contribution in [3.8, 4) is 0 Å². The lowest BCUT2D eigenvalue weighted by molar-refractivity contribution is -0.120. The Morgan fingerprint density at radius 2 is 1.57 bits per heavy atom. The van der Waals surface area contributed by atoms with E-state index in [2.05, 4.69) is 16.0 Å². The van der Waals surface area contributed by atoms with Gasteiger partial charge in [-0.3, -0.25) is 9.59 Å². The molecule has 2 amide bonds. The molecule has 0 spiro atoms. The Balaban J connectivity index is 1.43. The van der Waals surface area contributed by atoms with Crippen molar-refractivity contribution in [3.05, 3.63) is 60.2 Å². The fourth-order valence-corrected chi connectivity index (χ4v) is 4.06. The van der Waals surface area contributed by atoms with E-state index >= 15 is 0 Å². The molecule has 158 valence electrons. The van der Waals surface area contributed by atoms with Gasteiger partial charge in [0.05, 0.1) is 6.42 Å². The number of amides is 2. The maximum atomic E-state index is 12.2. The van der Waals surface area contributed by atoms with Gasteiger partial charge in [-0.05, 0) is 48.3 Å². The molecule has 5 nitrogen and oxygen atoms in total. The molecule has 0 bridgehead atoms. The molecule has 0 unspecified atom stereocenters. The van der Waals surface area contributed by atoms with Crippen LogP contribution in [0.1, 0.15) is 50.5 Å². The lowest BCUT2D eigenvalue weighted by Crippen LogP contribution is -2.34. The molecule has 1 aliphatic rings. The Morgan fingerprint density at radius 1 is 0.867 bits per heavy atom. The third-order valence-corrected chi connectivity index (χ3v) is 5.57. The number of carbonyl (C=O) groups excluding carboxylic acids is 2. The lowest BCUT2D eigenvalue weighted by atomic mass is 9.86. The van der Waals surface area contributed by atoms with Crippen molar-refractivity contribution >= 4 is 40.5 Å². The summed E-state index contributed by atoms with van der Waals surface area (Å²) in [6, 6.07) is 16.9. The minimum absolute atomic E-state index is 0.0506. The third kappa shape index (κ3) is 7.59. The number of anilines is 2. The Bertz CT molecular complexity index is 864. The molecule has 0 aromatic heterocycles. The van der Waals surface area contributed by atoms with Crippen LogP contribution in [0.2, 0.25) is 0 Å². The average molecular weight is 424 g/mol. The zero-order valence-electron chi connectivity index (χ0n) is 17.2. The van der Waals surface area contributed by atoms with Crippen LogP contribution in [-0.4, -0.2) is 16.9 Å². The Kier molecular flexibility index (Phi) is 8.39. The van der Waals surface area contributed by atoms with E-state index in [1.807, 2.05) is 48.5 Å². The van der Waals surface area contributed by atoms with Gasteiger partial charge in [0.25, 0.3) is 0 Å². The third-order valence-electron chi connectivity index (χ3n) is 5.37. The predicted octanol–water partition coefficient (Wildman–Crippen LogP) is 5.04. The van der Waals surface area contributed by atoms with Gasteiger partial charge in [0.15, 0.2) is 5.11 Å². The van der Waals surface area contributed by atoms with Crippen molar-refractivity contribution in [2.24, 2.45) is 5.92 Å². The van der Waals surface area contributed by atoms with Crippen molar-refractivity contribution in [1.82, 2.24) is 5.32 Å². The summed E-state index contributed by atoms with van der Waals surface area (Å²) in [5.74, 6) is 0.532. The van der Waals surface area contributed by atoms with Gasteiger partial charge in [0, 0.05) is 17.8 Å². The molecule has 3 rings (SSSR count). The van der Waals surface area contributed by atoms with Gasteiger partial charge in [-0.2, -0.15) is 0 Å². The van der Waals surface area contributed by atoms with Crippen LogP contribution < -0.4 is 16.0 Å². The Morgan fingerprint density at radius 3 is 2.30 bits per heavy atom. The number of carbonyl (C=O) groups is 2. The van der Waals surface area contributed by atoms with Crippen molar-refractivity contribution in [1.29, 1.82) is 0 Å². The number of thiocarbonyl (C=S) groups is 1. The van der Waals surface area contributed by atoms with Gasteiger partial charge in [0.2, 0.25) is 11.8 Å². The first-order valence-electron chi connectivity index (χ1n) is 10.6. The quantitative estimate of drug-likeness (QED) is 0.546. The second-order valence-corrected chi connectivity index (χ2v) is 8.24. The van der Waals surface area contributed by atoms with Crippen LogP contribution in [0.4, 0.5) is 11.4 Å². The maximum absolute atomic E-state index is 12.2. The highest BCUT2D eigenvalue weighted by Gasteiger charge is 2.15. The van der Waals surface area contributed by atoms with Crippen LogP contribution in [0, 0.1) is 5.92 Å². The first-order chi connectivity index (χ1) is 14.6. The summed E-state index contributed by atoms with van der Waals surface area (Å²) in [4.78, 5) is 24.4. The second-order valence-electron chi connectivity index (χ2n) is 7.84. The van der Waals surface area contributed by atoms with E-state index in [0.717, 1.165) is 12.0 Å². The smallest absolute Gasteiger partial charge is 0.228 e. The van der Waals surface area contributed by atoms with Crippen molar-refractivity contribution in [3.63, 3.8) is 0 Å². The van der Waals surface area contributed by atoms with E-state index in [1.165, 1.54) is 32.1 Å². The zero-order chi connectivity index (χ0) is 21.2. The van der Waals surface area contributed by atoms with Gasteiger partial charge >= 0.3 is 0 Å². The monoisotopic (exact) mass is 423 g/mol. The Labute approximate surface area is 183 Å². The van der Waals surface area contributed by atoms with E-state index in [9.17, 15) is 9.59 Å². The number of benzene rings is 2. The largest absolute Gasteiger partial charge is 0.332 e. The summed E-state index contributed by atoms with van der Waals surface area (Å²) in [7, 11) is 0. The minimum Gasteiger partial charge on any atom is -0.332 e. The average Bonchev–Trinajstić information content (AvgIpc) is 2.74. The minimum atomic E-state index is -0.0862. The normalized spacial score (nSPS) is 14.0.